The lowest BCUT2D eigenvalue weighted by molar-refractivity contribution is -0.147. The summed E-state index contributed by atoms with van der Waals surface area (Å²) in [5.41, 5.74) is 0.340. The Morgan fingerprint density at radius 2 is 2.05 bits per heavy atom. The number of nitrogens with zero attached hydrogens (tertiary/aromatic N) is 1. The Balaban J connectivity index is 2.62. The zero-order chi connectivity index (χ0) is 15.2. The van der Waals surface area contributed by atoms with Gasteiger partial charge in [0.05, 0.1) is 13.7 Å². The number of hydrogen-bond acceptors (Lipinski definition) is 6. The van der Waals surface area contributed by atoms with E-state index in [0.29, 0.717) is 13.2 Å². The van der Waals surface area contributed by atoms with Gasteiger partial charge in [0.2, 0.25) is 0 Å². The standard InChI is InChI=1S/C14H20N2O4/c1-5-20-12(17)11-7-6-10(8-15-11)9-16-14(2,3)13(18)19-4/h6-8,16H,5,9H2,1-4H3. The topological polar surface area (TPSA) is 77.5 Å². The molecule has 0 saturated carbocycles. The van der Waals surface area contributed by atoms with Crippen LogP contribution >= 0.6 is 0 Å². The smallest absolute Gasteiger partial charge is 0.356 e. The molecular formula is C14H20N2O4. The molecule has 0 bridgehead atoms. The molecule has 1 heterocycles. The van der Waals surface area contributed by atoms with Gasteiger partial charge in [0.15, 0.2) is 0 Å². The fourth-order valence-electron chi connectivity index (χ4n) is 1.51. The third kappa shape index (κ3) is 4.31. The highest BCUT2D eigenvalue weighted by molar-refractivity contribution is 5.87. The van der Waals surface area contributed by atoms with Gasteiger partial charge in [0.25, 0.3) is 0 Å². The number of aromatic nitrogens is 1. The Bertz CT molecular complexity index is 469. The number of ether oxygens (including phenoxy) is 2. The Kier molecular flexibility index (Phi) is 5.64. The summed E-state index contributed by atoms with van der Waals surface area (Å²) in [5, 5.41) is 3.07. The van der Waals surface area contributed by atoms with E-state index in [9.17, 15) is 9.59 Å². The molecule has 0 aliphatic carbocycles. The van der Waals surface area contributed by atoms with Gasteiger partial charge in [-0.15, -0.1) is 0 Å². The summed E-state index contributed by atoms with van der Waals surface area (Å²) in [6.07, 6.45) is 1.58. The molecule has 110 valence electrons. The van der Waals surface area contributed by atoms with Crippen LogP contribution in [0.25, 0.3) is 0 Å². The first-order chi connectivity index (χ1) is 9.40. The van der Waals surface area contributed by atoms with Crippen molar-refractivity contribution in [1.82, 2.24) is 10.3 Å². The number of rotatable bonds is 6. The third-order valence-corrected chi connectivity index (χ3v) is 2.74. The van der Waals surface area contributed by atoms with Crippen molar-refractivity contribution in [2.75, 3.05) is 13.7 Å². The van der Waals surface area contributed by atoms with Crippen molar-refractivity contribution in [3.05, 3.63) is 29.6 Å². The lowest BCUT2D eigenvalue weighted by Crippen LogP contribution is -2.46. The lowest BCUT2D eigenvalue weighted by Gasteiger charge is -2.23. The molecule has 0 fully saturated rings. The van der Waals surface area contributed by atoms with Crippen LogP contribution in [-0.2, 0) is 20.8 Å². The van der Waals surface area contributed by atoms with Crippen LogP contribution in [0.5, 0.6) is 0 Å². The highest BCUT2D eigenvalue weighted by atomic mass is 16.5. The monoisotopic (exact) mass is 280 g/mol. The van der Waals surface area contributed by atoms with E-state index >= 15 is 0 Å². The second-order valence-electron chi connectivity index (χ2n) is 4.74. The molecule has 1 rings (SSSR count). The molecule has 0 unspecified atom stereocenters. The number of methoxy groups -OCH3 is 1. The van der Waals surface area contributed by atoms with Crippen LogP contribution in [-0.4, -0.2) is 36.2 Å². The zero-order valence-electron chi connectivity index (χ0n) is 12.2. The van der Waals surface area contributed by atoms with E-state index in [1.807, 2.05) is 0 Å². The number of pyridine rings is 1. The van der Waals surface area contributed by atoms with Crippen molar-refractivity contribution < 1.29 is 19.1 Å². The van der Waals surface area contributed by atoms with E-state index in [1.165, 1.54) is 7.11 Å². The van der Waals surface area contributed by atoms with Gasteiger partial charge in [-0.2, -0.15) is 0 Å². The highest BCUT2D eigenvalue weighted by Gasteiger charge is 2.27. The molecule has 1 aromatic rings. The molecule has 6 nitrogen and oxygen atoms in total. The summed E-state index contributed by atoms with van der Waals surface area (Å²) in [7, 11) is 1.35. The van der Waals surface area contributed by atoms with Gasteiger partial charge >= 0.3 is 11.9 Å². The highest BCUT2D eigenvalue weighted by Crippen LogP contribution is 2.08. The molecule has 0 aromatic carbocycles. The van der Waals surface area contributed by atoms with Crippen LogP contribution in [0.1, 0.15) is 36.8 Å². The van der Waals surface area contributed by atoms with Crippen molar-refractivity contribution in [3.8, 4) is 0 Å². The number of nitrogens with one attached hydrogen (secondary N) is 1. The van der Waals surface area contributed by atoms with E-state index in [1.54, 1.807) is 39.1 Å². The fraction of sp³-hybridized carbons (Fsp3) is 0.500. The summed E-state index contributed by atoms with van der Waals surface area (Å²) in [4.78, 5) is 27.0. The predicted molar refractivity (Wildman–Crippen MR) is 73.1 cm³/mol. The first-order valence-electron chi connectivity index (χ1n) is 6.36. The molecule has 1 N–H and O–H groups in total. The zero-order valence-corrected chi connectivity index (χ0v) is 12.2. The van der Waals surface area contributed by atoms with Crippen molar-refractivity contribution in [1.29, 1.82) is 0 Å². The van der Waals surface area contributed by atoms with Crippen LogP contribution < -0.4 is 5.32 Å². The Morgan fingerprint density at radius 3 is 2.55 bits per heavy atom. The van der Waals surface area contributed by atoms with Crippen LogP contribution in [0.3, 0.4) is 0 Å². The van der Waals surface area contributed by atoms with Gasteiger partial charge in [-0.1, -0.05) is 6.07 Å². The van der Waals surface area contributed by atoms with E-state index in [4.69, 9.17) is 9.47 Å². The van der Waals surface area contributed by atoms with E-state index in [2.05, 4.69) is 10.3 Å². The van der Waals surface area contributed by atoms with Crippen LogP contribution in [0.2, 0.25) is 0 Å². The minimum Gasteiger partial charge on any atom is -0.468 e. The van der Waals surface area contributed by atoms with Gasteiger partial charge in [0, 0.05) is 12.7 Å². The molecule has 1 aromatic heterocycles. The molecule has 0 saturated heterocycles. The first-order valence-corrected chi connectivity index (χ1v) is 6.36. The van der Waals surface area contributed by atoms with Crippen LogP contribution in [0.4, 0.5) is 0 Å². The Hall–Kier alpha value is -1.95. The molecule has 0 aliphatic rings. The third-order valence-electron chi connectivity index (χ3n) is 2.74. The van der Waals surface area contributed by atoms with Crippen LogP contribution in [0, 0.1) is 0 Å². The lowest BCUT2D eigenvalue weighted by atomic mass is 10.1. The van der Waals surface area contributed by atoms with Crippen molar-refractivity contribution in [3.63, 3.8) is 0 Å². The largest absolute Gasteiger partial charge is 0.468 e. The molecule has 0 atom stereocenters. The second kappa shape index (κ2) is 7.00. The average Bonchev–Trinajstić information content (AvgIpc) is 2.45. The summed E-state index contributed by atoms with van der Waals surface area (Å²) < 4.78 is 9.55. The minimum absolute atomic E-state index is 0.267. The van der Waals surface area contributed by atoms with Gasteiger partial charge in [-0.25, -0.2) is 9.78 Å². The van der Waals surface area contributed by atoms with Crippen molar-refractivity contribution in [2.24, 2.45) is 0 Å². The summed E-state index contributed by atoms with van der Waals surface area (Å²) in [5.74, 6) is -0.782. The number of hydrogen-bond donors (Lipinski definition) is 1. The normalized spacial score (nSPS) is 11.0. The van der Waals surface area contributed by atoms with Gasteiger partial charge in [-0.3, -0.25) is 10.1 Å². The van der Waals surface area contributed by atoms with E-state index < -0.39 is 11.5 Å². The Morgan fingerprint density at radius 1 is 1.35 bits per heavy atom. The number of carbonyl (C=O) groups is 2. The number of esters is 2. The minimum atomic E-state index is -0.783. The molecule has 0 amide bonds. The summed E-state index contributed by atoms with van der Waals surface area (Å²) in [6.45, 7) is 5.97. The van der Waals surface area contributed by atoms with Gasteiger partial charge in [0.1, 0.15) is 11.2 Å². The van der Waals surface area contributed by atoms with Crippen molar-refractivity contribution >= 4 is 11.9 Å². The number of carbonyl (C=O) groups excluding carboxylic acids is 2. The molecule has 6 heteroatoms. The van der Waals surface area contributed by atoms with E-state index in [0.717, 1.165) is 5.56 Å². The maximum atomic E-state index is 11.5. The molecule has 20 heavy (non-hydrogen) atoms. The first kappa shape index (κ1) is 16.1. The molecule has 0 spiro atoms. The SMILES string of the molecule is CCOC(=O)c1ccc(CNC(C)(C)C(=O)OC)cn1. The quantitative estimate of drug-likeness (QED) is 0.791. The molecule has 0 aliphatic heterocycles. The summed E-state index contributed by atoms with van der Waals surface area (Å²) >= 11 is 0. The maximum Gasteiger partial charge on any atom is 0.356 e. The Labute approximate surface area is 118 Å². The van der Waals surface area contributed by atoms with Crippen molar-refractivity contribution in [2.45, 2.75) is 32.9 Å². The maximum absolute atomic E-state index is 11.5. The second-order valence-corrected chi connectivity index (χ2v) is 4.74. The van der Waals surface area contributed by atoms with Gasteiger partial charge in [-0.05, 0) is 32.4 Å². The predicted octanol–water partition coefficient (Wildman–Crippen LogP) is 1.30. The van der Waals surface area contributed by atoms with Gasteiger partial charge < -0.3 is 9.47 Å². The average molecular weight is 280 g/mol. The van der Waals surface area contributed by atoms with Crippen LogP contribution in [0.15, 0.2) is 18.3 Å². The summed E-state index contributed by atoms with van der Waals surface area (Å²) in [6, 6.07) is 3.36. The molecular weight excluding hydrogens is 260 g/mol. The molecule has 0 radical (unpaired) electrons. The fourth-order valence-corrected chi connectivity index (χ4v) is 1.51. The van der Waals surface area contributed by atoms with E-state index in [-0.39, 0.29) is 11.7 Å².